The number of hydrogen-bond donors (Lipinski definition) is 1. The van der Waals surface area contributed by atoms with E-state index in [-0.39, 0.29) is 16.7 Å². The predicted molar refractivity (Wildman–Crippen MR) is 93.9 cm³/mol. The molecule has 1 aromatic carbocycles. The van der Waals surface area contributed by atoms with Crippen LogP contribution < -0.4 is 5.32 Å². The van der Waals surface area contributed by atoms with Crippen LogP contribution in [0.2, 0.25) is 0 Å². The van der Waals surface area contributed by atoms with Gasteiger partial charge < -0.3 is 5.32 Å². The summed E-state index contributed by atoms with van der Waals surface area (Å²) in [7, 11) is -3.47. The number of hydrogen-bond acceptors (Lipinski definition) is 3. The van der Waals surface area contributed by atoms with Gasteiger partial charge in [-0.15, -0.1) is 0 Å². The highest BCUT2D eigenvalue weighted by Gasteiger charge is 2.23. The van der Waals surface area contributed by atoms with E-state index >= 15 is 0 Å². The van der Waals surface area contributed by atoms with Crippen LogP contribution in [0.5, 0.6) is 0 Å². The lowest BCUT2D eigenvalue weighted by Gasteiger charge is -2.21. The number of anilines is 1. The first kappa shape index (κ1) is 19.6. The summed E-state index contributed by atoms with van der Waals surface area (Å²) in [5, 5.41) is 2.80. The number of sulfonamides is 1. The van der Waals surface area contributed by atoms with Gasteiger partial charge >= 0.3 is 0 Å². The second-order valence-corrected chi connectivity index (χ2v) is 7.66. The van der Waals surface area contributed by atoms with Gasteiger partial charge in [-0.1, -0.05) is 27.7 Å². The molecule has 0 saturated heterocycles. The number of nitrogens with zero attached hydrogens (tertiary/aromatic N) is 1. The second-order valence-electron chi connectivity index (χ2n) is 5.73. The first-order chi connectivity index (χ1) is 10.9. The van der Waals surface area contributed by atoms with Gasteiger partial charge in [0.2, 0.25) is 15.9 Å². The topological polar surface area (TPSA) is 66.5 Å². The molecule has 0 fully saturated rings. The molecular formula is C17H28N2O3S. The third-order valence-electron chi connectivity index (χ3n) is 3.77. The van der Waals surface area contributed by atoms with E-state index in [0.29, 0.717) is 18.8 Å². The summed E-state index contributed by atoms with van der Waals surface area (Å²) >= 11 is 0. The molecule has 0 unspecified atom stereocenters. The Morgan fingerprint density at radius 2 is 1.61 bits per heavy atom. The Morgan fingerprint density at radius 3 is 2.04 bits per heavy atom. The van der Waals surface area contributed by atoms with Crippen molar-refractivity contribution in [3.8, 4) is 0 Å². The zero-order chi connectivity index (χ0) is 17.5. The normalized spacial score (nSPS) is 13.1. The van der Waals surface area contributed by atoms with Gasteiger partial charge in [-0.05, 0) is 43.5 Å². The zero-order valence-electron chi connectivity index (χ0n) is 14.5. The van der Waals surface area contributed by atoms with Crippen molar-refractivity contribution >= 4 is 21.6 Å². The fourth-order valence-corrected chi connectivity index (χ4v) is 3.79. The minimum Gasteiger partial charge on any atom is -0.326 e. The third-order valence-corrected chi connectivity index (χ3v) is 5.68. The van der Waals surface area contributed by atoms with E-state index in [1.54, 1.807) is 24.3 Å². The van der Waals surface area contributed by atoms with Crippen LogP contribution in [0.3, 0.4) is 0 Å². The molecule has 23 heavy (non-hydrogen) atoms. The highest BCUT2D eigenvalue weighted by Crippen LogP contribution is 2.19. The number of benzene rings is 1. The summed E-state index contributed by atoms with van der Waals surface area (Å²) in [6.07, 6.45) is 2.33. The van der Waals surface area contributed by atoms with Crippen molar-refractivity contribution in [3.05, 3.63) is 24.3 Å². The van der Waals surface area contributed by atoms with E-state index in [4.69, 9.17) is 0 Å². The molecule has 0 radical (unpaired) electrons. The molecule has 6 heteroatoms. The fourth-order valence-electron chi connectivity index (χ4n) is 2.16. The largest absolute Gasteiger partial charge is 0.326 e. The fraction of sp³-hybridized carbons (Fsp3) is 0.588. The van der Waals surface area contributed by atoms with Crippen LogP contribution in [-0.2, 0) is 14.8 Å². The van der Waals surface area contributed by atoms with Crippen LogP contribution in [0.1, 0.15) is 47.0 Å². The molecule has 1 rings (SSSR count). The van der Waals surface area contributed by atoms with Crippen LogP contribution in [0.4, 0.5) is 5.69 Å². The minimum absolute atomic E-state index is 0.0540. The molecule has 0 heterocycles. The van der Waals surface area contributed by atoms with Crippen LogP contribution in [0.15, 0.2) is 29.2 Å². The molecule has 5 nitrogen and oxygen atoms in total. The third kappa shape index (κ3) is 5.32. The number of carbonyl (C=O) groups is 1. The van der Waals surface area contributed by atoms with Crippen molar-refractivity contribution < 1.29 is 13.2 Å². The first-order valence-corrected chi connectivity index (χ1v) is 9.71. The summed E-state index contributed by atoms with van der Waals surface area (Å²) < 4.78 is 26.8. The quantitative estimate of drug-likeness (QED) is 0.748. The Balaban J connectivity index is 2.91. The van der Waals surface area contributed by atoms with Gasteiger partial charge in [0, 0.05) is 24.7 Å². The molecule has 1 aromatic rings. The lowest BCUT2D eigenvalue weighted by Crippen LogP contribution is -2.32. The van der Waals surface area contributed by atoms with E-state index in [1.165, 1.54) is 4.31 Å². The standard InChI is InChI=1S/C17H28N2O3S/c1-5-12-19(13-6-2)23(21,22)16-10-8-15(9-11-16)18-17(20)14(4)7-3/h8-11,14H,5-7,12-13H2,1-4H3,(H,18,20)/t14-/m1/s1. The van der Waals surface area contributed by atoms with Crippen molar-refractivity contribution in [1.82, 2.24) is 4.31 Å². The summed E-state index contributed by atoms with van der Waals surface area (Å²) in [5.41, 5.74) is 0.617. The monoisotopic (exact) mass is 340 g/mol. The molecule has 0 spiro atoms. The van der Waals surface area contributed by atoms with E-state index in [0.717, 1.165) is 19.3 Å². The molecule has 1 amide bonds. The van der Waals surface area contributed by atoms with Crippen molar-refractivity contribution in [1.29, 1.82) is 0 Å². The predicted octanol–water partition coefficient (Wildman–Crippen LogP) is 3.48. The van der Waals surface area contributed by atoms with Gasteiger partial charge in [0.05, 0.1) is 4.90 Å². The average molecular weight is 340 g/mol. The Hall–Kier alpha value is -1.40. The van der Waals surface area contributed by atoms with Gasteiger partial charge in [0.15, 0.2) is 0 Å². The molecular weight excluding hydrogens is 312 g/mol. The van der Waals surface area contributed by atoms with Crippen molar-refractivity contribution in [2.24, 2.45) is 5.92 Å². The maximum atomic E-state index is 12.6. The van der Waals surface area contributed by atoms with E-state index in [2.05, 4.69) is 5.32 Å². The number of rotatable bonds is 9. The van der Waals surface area contributed by atoms with Gasteiger partial charge in [0.25, 0.3) is 0 Å². The molecule has 0 bridgehead atoms. The molecule has 0 saturated carbocycles. The lowest BCUT2D eigenvalue weighted by atomic mass is 10.1. The highest BCUT2D eigenvalue weighted by molar-refractivity contribution is 7.89. The molecule has 130 valence electrons. The summed E-state index contributed by atoms with van der Waals surface area (Å²) in [6, 6.07) is 6.40. The van der Waals surface area contributed by atoms with Crippen molar-refractivity contribution in [2.45, 2.75) is 51.9 Å². The minimum atomic E-state index is -3.47. The molecule has 1 atom stereocenters. The number of nitrogens with one attached hydrogen (secondary N) is 1. The van der Waals surface area contributed by atoms with Gasteiger partial charge in [-0.2, -0.15) is 4.31 Å². The smallest absolute Gasteiger partial charge is 0.243 e. The molecule has 1 N–H and O–H groups in total. The van der Waals surface area contributed by atoms with Crippen LogP contribution >= 0.6 is 0 Å². The number of carbonyl (C=O) groups excluding carboxylic acids is 1. The van der Waals surface area contributed by atoms with Crippen LogP contribution in [0, 0.1) is 5.92 Å². The van der Waals surface area contributed by atoms with E-state index < -0.39 is 10.0 Å². The van der Waals surface area contributed by atoms with E-state index in [1.807, 2.05) is 27.7 Å². The highest BCUT2D eigenvalue weighted by atomic mass is 32.2. The Bertz CT molecular complexity index is 591. The molecule has 0 aliphatic rings. The molecule has 0 aromatic heterocycles. The van der Waals surface area contributed by atoms with Gasteiger partial charge in [0.1, 0.15) is 0 Å². The van der Waals surface area contributed by atoms with Crippen LogP contribution in [-0.4, -0.2) is 31.7 Å². The van der Waals surface area contributed by atoms with E-state index in [9.17, 15) is 13.2 Å². The second kappa shape index (κ2) is 9.03. The number of amides is 1. The Morgan fingerprint density at radius 1 is 1.09 bits per heavy atom. The summed E-state index contributed by atoms with van der Waals surface area (Å²) in [5.74, 6) is -0.121. The van der Waals surface area contributed by atoms with Crippen molar-refractivity contribution in [3.63, 3.8) is 0 Å². The molecule has 0 aliphatic heterocycles. The van der Waals surface area contributed by atoms with Gasteiger partial charge in [-0.3, -0.25) is 4.79 Å². The maximum absolute atomic E-state index is 12.6. The summed E-state index contributed by atoms with van der Waals surface area (Å²) in [6.45, 7) is 8.78. The molecule has 0 aliphatic carbocycles. The van der Waals surface area contributed by atoms with Gasteiger partial charge in [-0.25, -0.2) is 8.42 Å². The summed E-state index contributed by atoms with van der Waals surface area (Å²) in [4.78, 5) is 12.1. The SMILES string of the molecule is CCCN(CCC)S(=O)(=O)c1ccc(NC(=O)[C@H](C)CC)cc1. The first-order valence-electron chi connectivity index (χ1n) is 8.27. The average Bonchev–Trinajstić information content (AvgIpc) is 2.54. The maximum Gasteiger partial charge on any atom is 0.243 e. The lowest BCUT2D eigenvalue weighted by molar-refractivity contribution is -0.119. The Labute approximate surface area is 140 Å². The van der Waals surface area contributed by atoms with Crippen molar-refractivity contribution in [2.75, 3.05) is 18.4 Å². The van der Waals surface area contributed by atoms with Crippen LogP contribution in [0.25, 0.3) is 0 Å². The zero-order valence-corrected chi connectivity index (χ0v) is 15.3. The Kier molecular flexibility index (Phi) is 7.72.